The fourth-order valence-corrected chi connectivity index (χ4v) is 12.9. The Labute approximate surface area is 358 Å². The minimum Gasteiger partial charge on any atom is -0.457 e. The Morgan fingerprint density at radius 2 is 1.11 bits per heavy atom. The van der Waals surface area contributed by atoms with Gasteiger partial charge in [0.1, 0.15) is 11.5 Å². The molecule has 2 unspecified atom stereocenters. The number of para-hydroxylation sites is 2. The molecule has 7 aliphatic rings. The Balaban J connectivity index is 0.848. The predicted molar refractivity (Wildman–Crippen MR) is 247 cm³/mol. The highest BCUT2D eigenvalue weighted by atomic mass is 16.5. The number of nitrogens with zero attached hydrogens (tertiary/aromatic N) is 2. The van der Waals surface area contributed by atoms with Gasteiger partial charge < -0.3 is 4.74 Å². The van der Waals surface area contributed by atoms with Crippen molar-refractivity contribution in [3.05, 3.63) is 214 Å². The van der Waals surface area contributed by atoms with Crippen LogP contribution < -0.4 is 4.74 Å². The molecule has 1 spiro atoms. The molecule has 0 N–H and O–H groups in total. The van der Waals surface area contributed by atoms with Crippen molar-refractivity contribution in [2.24, 2.45) is 27.7 Å². The zero-order chi connectivity index (χ0) is 40.1. The Morgan fingerprint density at radius 1 is 0.492 bits per heavy atom. The quantitative estimate of drug-likeness (QED) is 0.171. The van der Waals surface area contributed by atoms with Crippen LogP contribution in [0.15, 0.2) is 180 Å². The van der Waals surface area contributed by atoms with Crippen molar-refractivity contribution in [3.63, 3.8) is 0 Å². The summed E-state index contributed by atoms with van der Waals surface area (Å²) in [6.45, 7) is 0. The van der Waals surface area contributed by atoms with Crippen LogP contribution in [0.4, 0.5) is 0 Å². The van der Waals surface area contributed by atoms with E-state index < -0.39 is 5.41 Å². The van der Waals surface area contributed by atoms with Crippen molar-refractivity contribution in [2.45, 2.75) is 68.2 Å². The van der Waals surface area contributed by atoms with Crippen molar-refractivity contribution in [1.82, 2.24) is 0 Å². The number of amidine groups is 1. The molecule has 3 atom stereocenters. The molecule has 5 aliphatic carbocycles. The maximum atomic E-state index is 6.59. The van der Waals surface area contributed by atoms with Gasteiger partial charge in [0.15, 0.2) is 5.84 Å². The topological polar surface area (TPSA) is 34.0 Å². The van der Waals surface area contributed by atoms with Crippen molar-refractivity contribution in [1.29, 1.82) is 0 Å². The molecule has 3 nitrogen and oxygen atoms in total. The number of ether oxygens (including phenoxy) is 1. The molecule has 0 amide bonds. The summed E-state index contributed by atoms with van der Waals surface area (Å²) < 4.78 is 6.59. The average molecular weight is 789 g/mol. The Hall–Kier alpha value is -6.32. The second-order valence-corrected chi connectivity index (χ2v) is 19.0. The van der Waals surface area contributed by atoms with Crippen LogP contribution in [0, 0.1) is 17.8 Å². The van der Waals surface area contributed by atoms with Gasteiger partial charge in [-0.25, -0.2) is 4.99 Å². The van der Waals surface area contributed by atoms with Crippen LogP contribution in [0.1, 0.15) is 102 Å². The molecule has 0 aromatic heterocycles. The van der Waals surface area contributed by atoms with Gasteiger partial charge in [-0.3, -0.25) is 4.99 Å². The van der Waals surface area contributed by atoms with E-state index >= 15 is 0 Å². The summed E-state index contributed by atoms with van der Waals surface area (Å²) in [5, 5.41) is 0. The first-order valence-electron chi connectivity index (χ1n) is 22.6. The molecule has 4 bridgehead atoms. The van der Waals surface area contributed by atoms with Gasteiger partial charge in [0.2, 0.25) is 0 Å². The van der Waals surface area contributed by atoms with E-state index in [1.165, 1.54) is 101 Å². The SMILES string of the molecule is c1ccc(C2=NC(c3ccc(-c4ccc5c(c4)C4(c6ccccc6Oc6ccccc64)c4ccccc4-5)cc3)CC(c3ccc(C45CC[C@@H](CC6CC(C6)C4)C5)cc3)=N2)cc1. The first-order valence-corrected chi connectivity index (χ1v) is 22.6. The van der Waals surface area contributed by atoms with E-state index in [9.17, 15) is 0 Å². The van der Waals surface area contributed by atoms with E-state index in [-0.39, 0.29) is 6.04 Å². The summed E-state index contributed by atoms with van der Waals surface area (Å²) >= 11 is 0. The van der Waals surface area contributed by atoms with Gasteiger partial charge in [0.25, 0.3) is 0 Å². The highest BCUT2D eigenvalue weighted by Crippen LogP contribution is 2.62. The standard InChI is InChI=1S/C58H48N2O/c1-2-10-43(11-3-1)56-59-52(34-53(60-56)42-22-25-45(26-23-42)57-29-28-37(35-57)30-38-31-39(32-38)36-57)41-20-18-40(19-21-41)44-24-27-47-46-12-4-5-13-48(46)58(51(47)33-44)49-14-6-8-16-54(49)61-55-17-9-7-15-50(55)58/h1-27,33,37-39,52H,28-32,34-36H2/t37-,38?,39?,52?,57?/m0/s1. The molecule has 296 valence electrons. The fourth-order valence-electron chi connectivity index (χ4n) is 12.9. The van der Waals surface area contributed by atoms with E-state index in [1.807, 2.05) is 0 Å². The van der Waals surface area contributed by atoms with Crippen LogP contribution in [-0.2, 0) is 10.8 Å². The number of benzene rings is 7. The summed E-state index contributed by atoms with van der Waals surface area (Å²) in [5.41, 5.74) is 16.0. The third-order valence-electron chi connectivity index (χ3n) is 15.6. The lowest BCUT2D eigenvalue weighted by molar-refractivity contribution is 0.101. The smallest absolute Gasteiger partial charge is 0.155 e. The Morgan fingerprint density at radius 3 is 1.89 bits per heavy atom. The normalized spacial score (nSPS) is 24.7. The van der Waals surface area contributed by atoms with Gasteiger partial charge >= 0.3 is 0 Å². The molecule has 0 saturated heterocycles. The van der Waals surface area contributed by atoms with Gasteiger partial charge in [-0.2, -0.15) is 0 Å². The van der Waals surface area contributed by atoms with Crippen LogP contribution in [0.25, 0.3) is 22.3 Å². The second kappa shape index (κ2) is 13.6. The molecule has 0 radical (unpaired) electrons. The highest BCUT2D eigenvalue weighted by molar-refractivity contribution is 6.14. The lowest BCUT2D eigenvalue weighted by Crippen LogP contribution is -2.36. The molecular weight excluding hydrogens is 741 g/mol. The zero-order valence-corrected chi connectivity index (χ0v) is 34.4. The lowest BCUT2D eigenvalue weighted by Gasteiger charge is -2.45. The minimum absolute atomic E-state index is 0.0317. The molecule has 14 rings (SSSR count). The Kier molecular flexibility index (Phi) is 7.90. The molecule has 2 aliphatic heterocycles. The molecule has 7 aromatic rings. The molecule has 7 aromatic carbocycles. The zero-order valence-electron chi connectivity index (χ0n) is 34.4. The van der Waals surface area contributed by atoms with Gasteiger partial charge in [-0.15, -0.1) is 0 Å². The predicted octanol–water partition coefficient (Wildman–Crippen LogP) is 14.1. The average Bonchev–Trinajstić information content (AvgIpc) is 3.88. The van der Waals surface area contributed by atoms with E-state index in [2.05, 4.69) is 170 Å². The second-order valence-electron chi connectivity index (χ2n) is 19.0. The lowest BCUT2D eigenvalue weighted by atomic mass is 9.60. The number of fused-ring (bicyclic) bond motifs is 9. The molecule has 4 saturated carbocycles. The van der Waals surface area contributed by atoms with Crippen molar-refractivity contribution >= 4 is 11.5 Å². The third-order valence-corrected chi connectivity index (χ3v) is 15.6. The summed E-state index contributed by atoms with van der Waals surface area (Å²) in [7, 11) is 0. The van der Waals surface area contributed by atoms with Gasteiger partial charge in [0, 0.05) is 23.1 Å². The van der Waals surface area contributed by atoms with Gasteiger partial charge in [-0.1, -0.05) is 152 Å². The molecule has 3 heteroatoms. The number of rotatable bonds is 5. The molecule has 4 fully saturated rings. The van der Waals surface area contributed by atoms with E-state index in [4.69, 9.17) is 14.7 Å². The first-order chi connectivity index (χ1) is 30.1. The van der Waals surface area contributed by atoms with Crippen LogP contribution in [0.5, 0.6) is 11.5 Å². The van der Waals surface area contributed by atoms with E-state index in [0.29, 0.717) is 5.41 Å². The monoisotopic (exact) mass is 788 g/mol. The van der Waals surface area contributed by atoms with Crippen molar-refractivity contribution in [3.8, 4) is 33.8 Å². The molecular formula is C58H48N2O. The fraction of sp³-hybridized carbons (Fsp3) is 0.241. The number of hydrogen-bond acceptors (Lipinski definition) is 3. The highest BCUT2D eigenvalue weighted by Gasteiger charge is 2.51. The Bertz CT molecular complexity index is 2870. The summed E-state index contributed by atoms with van der Waals surface area (Å²) in [4.78, 5) is 10.6. The minimum atomic E-state index is -0.486. The van der Waals surface area contributed by atoms with Crippen LogP contribution >= 0.6 is 0 Å². The first kappa shape index (κ1) is 35.4. The maximum absolute atomic E-state index is 6.59. The third kappa shape index (κ3) is 5.48. The van der Waals surface area contributed by atoms with Crippen molar-refractivity contribution in [2.75, 3.05) is 0 Å². The van der Waals surface area contributed by atoms with Crippen LogP contribution in [0.2, 0.25) is 0 Å². The van der Waals surface area contributed by atoms with E-state index in [0.717, 1.165) is 52.8 Å². The van der Waals surface area contributed by atoms with E-state index in [1.54, 1.807) is 5.56 Å². The van der Waals surface area contributed by atoms with Crippen LogP contribution in [0.3, 0.4) is 0 Å². The summed E-state index contributed by atoms with van der Waals surface area (Å²) in [6, 6.07) is 62.5. The summed E-state index contributed by atoms with van der Waals surface area (Å²) in [5.74, 6) is 5.52. The number of aliphatic imine (C=N–C) groups is 2. The van der Waals surface area contributed by atoms with Gasteiger partial charge in [-0.05, 0) is 136 Å². The van der Waals surface area contributed by atoms with Gasteiger partial charge in [0.05, 0.1) is 17.2 Å². The van der Waals surface area contributed by atoms with Crippen molar-refractivity contribution < 1.29 is 4.74 Å². The molecule has 2 heterocycles. The summed E-state index contributed by atoms with van der Waals surface area (Å²) in [6.07, 6.45) is 10.7. The maximum Gasteiger partial charge on any atom is 0.155 e. The molecule has 61 heavy (non-hydrogen) atoms. The van der Waals surface area contributed by atoms with Crippen LogP contribution in [-0.4, -0.2) is 11.5 Å². The largest absolute Gasteiger partial charge is 0.457 e. The number of hydrogen-bond donors (Lipinski definition) is 0.